The highest BCUT2D eigenvalue weighted by Crippen LogP contribution is 2.24. The van der Waals surface area contributed by atoms with E-state index in [4.69, 9.17) is 0 Å². The summed E-state index contributed by atoms with van der Waals surface area (Å²) in [6.45, 7) is 0.510. The quantitative estimate of drug-likeness (QED) is 0.398. The highest BCUT2D eigenvalue weighted by Gasteiger charge is 2.13. The second-order valence-corrected chi connectivity index (χ2v) is 7.16. The zero-order chi connectivity index (χ0) is 20.5. The van der Waals surface area contributed by atoms with E-state index in [0.29, 0.717) is 23.5 Å². The number of benzene rings is 3. The van der Waals surface area contributed by atoms with Crippen molar-refractivity contribution in [1.82, 2.24) is 9.97 Å². The molecule has 0 unspecified atom stereocenters. The van der Waals surface area contributed by atoms with Gasteiger partial charge in [0.1, 0.15) is 28.5 Å². The summed E-state index contributed by atoms with van der Waals surface area (Å²) in [6.07, 6.45) is 3.78. The molecule has 1 N–H and O–H groups in total. The fourth-order valence-corrected chi connectivity index (χ4v) is 3.60. The molecule has 2 aromatic heterocycles. The van der Waals surface area contributed by atoms with Crippen LogP contribution in [0.4, 0.5) is 8.78 Å². The van der Waals surface area contributed by atoms with Crippen molar-refractivity contribution >= 4 is 11.0 Å². The largest absolute Gasteiger partial charge is 0.333 e. The number of pyridine rings is 1. The summed E-state index contributed by atoms with van der Waals surface area (Å²) >= 11 is 0. The molecule has 0 aliphatic rings. The zero-order valence-corrected chi connectivity index (χ0v) is 16.0. The fourth-order valence-electron chi connectivity index (χ4n) is 3.60. The standard InChI is InChI=1S/C25H17F2N3/c26-21-9-5-4-8-20(21)25-28-23-12-13-30(16-24(23)29-25)15-17-10-11-19(22(27)14-17)18-6-2-1-3-7-18/h1-14,16H,15H2/p+1. The number of H-pyrrole nitrogens is 1. The molecule has 0 spiro atoms. The van der Waals surface area contributed by atoms with Crippen molar-refractivity contribution in [3.63, 3.8) is 0 Å². The maximum Gasteiger partial charge on any atom is 0.195 e. The summed E-state index contributed by atoms with van der Waals surface area (Å²) in [4.78, 5) is 7.66. The molecule has 30 heavy (non-hydrogen) atoms. The molecule has 3 aromatic carbocycles. The van der Waals surface area contributed by atoms with Gasteiger partial charge in [0.05, 0.1) is 5.56 Å². The van der Waals surface area contributed by atoms with Crippen molar-refractivity contribution in [2.24, 2.45) is 0 Å². The van der Waals surface area contributed by atoms with Crippen LogP contribution in [0, 0.1) is 11.6 Å². The Morgan fingerprint density at radius 2 is 1.60 bits per heavy atom. The highest BCUT2D eigenvalue weighted by molar-refractivity contribution is 5.77. The van der Waals surface area contributed by atoms with Crippen molar-refractivity contribution in [2.75, 3.05) is 0 Å². The van der Waals surface area contributed by atoms with Gasteiger partial charge in [-0.25, -0.2) is 13.8 Å². The number of rotatable bonds is 4. The molecule has 146 valence electrons. The first kappa shape index (κ1) is 18.2. The minimum absolute atomic E-state index is 0.247. The van der Waals surface area contributed by atoms with Gasteiger partial charge in [-0.05, 0) is 23.8 Å². The molecule has 5 heteroatoms. The predicted molar refractivity (Wildman–Crippen MR) is 113 cm³/mol. The Kier molecular flexibility index (Phi) is 4.56. The van der Waals surface area contributed by atoms with Crippen LogP contribution < -0.4 is 4.57 Å². The van der Waals surface area contributed by atoms with E-state index in [-0.39, 0.29) is 11.6 Å². The Labute approximate surface area is 172 Å². The molecule has 0 aliphatic carbocycles. The number of hydrogen-bond acceptors (Lipinski definition) is 1. The first-order valence-corrected chi connectivity index (χ1v) is 9.65. The molecular formula is C25H18F2N3+. The van der Waals surface area contributed by atoms with Crippen LogP contribution in [0.2, 0.25) is 0 Å². The van der Waals surface area contributed by atoms with Crippen LogP contribution in [0.1, 0.15) is 5.56 Å². The predicted octanol–water partition coefficient (Wildman–Crippen LogP) is 5.51. The van der Waals surface area contributed by atoms with E-state index in [0.717, 1.165) is 22.2 Å². The SMILES string of the molecule is Fc1cc(C[n+]2ccc3nc(-c4ccccc4F)[nH]c3c2)ccc1-c1ccccc1. The van der Waals surface area contributed by atoms with Gasteiger partial charge in [-0.3, -0.25) is 0 Å². The van der Waals surface area contributed by atoms with Crippen LogP contribution in [0.15, 0.2) is 91.3 Å². The van der Waals surface area contributed by atoms with Gasteiger partial charge >= 0.3 is 0 Å². The molecule has 0 saturated carbocycles. The Hall–Kier alpha value is -3.86. The van der Waals surface area contributed by atoms with E-state index in [9.17, 15) is 8.78 Å². The lowest BCUT2D eigenvalue weighted by atomic mass is 10.0. The molecule has 3 nitrogen and oxygen atoms in total. The summed E-state index contributed by atoms with van der Waals surface area (Å²) < 4.78 is 30.7. The van der Waals surface area contributed by atoms with Crippen LogP contribution >= 0.6 is 0 Å². The van der Waals surface area contributed by atoms with Crippen LogP contribution in [0.25, 0.3) is 33.5 Å². The van der Waals surface area contributed by atoms with E-state index in [2.05, 4.69) is 9.97 Å². The van der Waals surface area contributed by atoms with Gasteiger partial charge in [0.25, 0.3) is 0 Å². The van der Waals surface area contributed by atoms with E-state index in [1.807, 2.05) is 65.5 Å². The van der Waals surface area contributed by atoms with Crippen LogP contribution in [-0.2, 0) is 6.54 Å². The third-order valence-corrected chi connectivity index (χ3v) is 5.09. The van der Waals surface area contributed by atoms with Gasteiger partial charge < -0.3 is 4.98 Å². The van der Waals surface area contributed by atoms with E-state index in [1.165, 1.54) is 6.07 Å². The number of nitrogens with zero attached hydrogens (tertiary/aromatic N) is 2. The Balaban J connectivity index is 1.43. The van der Waals surface area contributed by atoms with Gasteiger partial charge in [-0.2, -0.15) is 4.57 Å². The van der Waals surface area contributed by atoms with Crippen LogP contribution in [0.3, 0.4) is 0 Å². The molecule has 5 rings (SSSR count). The second kappa shape index (κ2) is 7.52. The van der Waals surface area contributed by atoms with Crippen molar-refractivity contribution in [2.45, 2.75) is 6.54 Å². The number of fused-ring (bicyclic) bond motifs is 1. The summed E-state index contributed by atoms with van der Waals surface area (Å²) in [7, 11) is 0. The minimum Gasteiger partial charge on any atom is -0.333 e. The summed E-state index contributed by atoms with van der Waals surface area (Å²) in [5.74, 6) is -0.0821. The number of aromatic nitrogens is 3. The maximum atomic E-state index is 14.7. The lowest BCUT2D eigenvalue weighted by molar-refractivity contribution is -0.687. The summed E-state index contributed by atoms with van der Waals surface area (Å²) in [5, 5.41) is 0. The minimum atomic E-state index is -0.321. The second-order valence-electron chi connectivity index (χ2n) is 7.16. The lowest BCUT2D eigenvalue weighted by Gasteiger charge is -2.05. The molecule has 0 amide bonds. The van der Waals surface area contributed by atoms with E-state index < -0.39 is 0 Å². The molecule has 0 saturated heterocycles. The maximum absolute atomic E-state index is 14.7. The topological polar surface area (TPSA) is 32.6 Å². The normalized spacial score (nSPS) is 11.1. The van der Waals surface area contributed by atoms with Crippen molar-refractivity contribution < 1.29 is 13.3 Å². The number of aromatic amines is 1. The van der Waals surface area contributed by atoms with Gasteiger partial charge in [-0.15, -0.1) is 0 Å². The monoisotopic (exact) mass is 398 g/mol. The molecule has 0 radical (unpaired) electrons. The van der Waals surface area contributed by atoms with Gasteiger partial charge in [0, 0.05) is 17.2 Å². The highest BCUT2D eigenvalue weighted by atomic mass is 19.1. The number of nitrogens with one attached hydrogen (secondary N) is 1. The van der Waals surface area contributed by atoms with E-state index >= 15 is 0 Å². The first-order chi connectivity index (χ1) is 14.7. The van der Waals surface area contributed by atoms with Crippen LogP contribution in [-0.4, -0.2) is 9.97 Å². The average molecular weight is 398 g/mol. The van der Waals surface area contributed by atoms with Gasteiger partial charge in [-0.1, -0.05) is 54.6 Å². The van der Waals surface area contributed by atoms with Crippen molar-refractivity contribution in [1.29, 1.82) is 0 Å². The van der Waals surface area contributed by atoms with E-state index in [1.54, 1.807) is 24.3 Å². The summed E-state index contributed by atoms with van der Waals surface area (Å²) in [5.41, 5.74) is 4.26. The van der Waals surface area contributed by atoms with Crippen molar-refractivity contribution in [3.05, 3.63) is 108 Å². The van der Waals surface area contributed by atoms with Gasteiger partial charge in [0.15, 0.2) is 18.9 Å². The smallest absolute Gasteiger partial charge is 0.195 e. The van der Waals surface area contributed by atoms with Crippen LogP contribution in [0.5, 0.6) is 0 Å². The fraction of sp³-hybridized carbons (Fsp3) is 0.0400. The van der Waals surface area contributed by atoms with Crippen molar-refractivity contribution in [3.8, 4) is 22.5 Å². The molecule has 5 aromatic rings. The average Bonchev–Trinajstić information content (AvgIpc) is 3.18. The van der Waals surface area contributed by atoms with Gasteiger partial charge in [0.2, 0.25) is 0 Å². The molecular weight excluding hydrogens is 380 g/mol. The Morgan fingerprint density at radius 3 is 2.40 bits per heavy atom. The number of halogens is 2. The molecule has 0 fully saturated rings. The zero-order valence-electron chi connectivity index (χ0n) is 16.0. The molecule has 0 atom stereocenters. The first-order valence-electron chi connectivity index (χ1n) is 9.65. The Morgan fingerprint density at radius 1 is 0.800 bits per heavy atom. The summed E-state index contributed by atoms with van der Waals surface area (Å²) in [6, 6.07) is 23.2. The number of hydrogen-bond donors (Lipinski definition) is 1. The number of imidazole rings is 1. The lowest BCUT2D eigenvalue weighted by Crippen LogP contribution is -2.33. The third-order valence-electron chi connectivity index (χ3n) is 5.09. The third kappa shape index (κ3) is 3.46. The molecule has 2 heterocycles. The molecule has 0 aliphatic heterocycles. The Bertz CT molecular complexity index is 1340. The molecule has 0 bridgehead atoms.